The zero-order valence-electron chi connectivity index (χ0n) is 19.0. The van der Waals surface area contributed by atoms with Crippen LogP contribution in [0.4, 0.5) is 5.69 Å². The predicted octanol–water partition coefficient (Wildman–Crippen LogP) is 5.08. The molecular formula is C25H30N4O2. The van der Waals surface area contributed by atoms with Crippen LogP contribution in [0.2, 0.25) is 0 Å². The van der Waals surface area contributed by atoms with Crippen molar-refractivity contribution >= 4 is 23.0 Å². The molecule has 1 amide bonds. The highest BCUT2D eigenvalue weighted by Crippen LogP contribution is 2.40. The summed E-state index contributed by atoms with van der Waals surface area (Å²) in [6.45, 7) is 9.57. The zero-order valence-corrected chi connectivity index (χ0v) is 19.0. The first-order chi connectivity index (χ1) is 14.8. The van der Waals surface area contributed by atoms with Crippen LogP contribution in [0.1, 0.15) is 77.1 Å². The minimum atomic E-state index is -0.175. The minimum Gasteiger partial charge on any atom is -0.326 e. The summed E-state index contributed by atoms with van der Waals surface area (Å²) < 4.78 is 1.91. The molecule has 1 fully saturated rings. The maximum Gasteiger partial charge on any atom is 0.221 e. The number of benzene rings is 1. The monoisotopic (exact) mass is 418 g/mol. The van der Waals surface area contributed by atoms with Crippen molar-refractivity contribution in [3.05, 3.63) is 58.0 Å². The van der Waals surface area contributed by atoms with Gasteiger partial charge in [-0.2, -0.15) is 5.10 Å². The zero-order chi connectivity index (χ0) is 22.3. The number of aryl methyl sites for hydroxylation is 3. The number of hydrogen-bond donors (Lipinski definition) is 1. The molecule has 1 aromatic carbocycles. The summed E-state index contributed by atoms with van der Waals surface area (Å²) in [5.41, 5.74) is 7.19. The summed E-state index contributed by atoms with van der Waals surface area (Å²) in [6, 6.07) is 7.68. The van der Waals surface area contributed by atoms with Gasteiger partial charge in [-0.05, 0) is 58.2 Å². The molecule has 6 nitrogen and oxygen atoms in total. The van der Waals surface area contributed by atoms with Gasteiger partial charge in [0, 0.05) is 41.8 Å². The lowest BCUT2D eigenvalue weighted by atomic mass is 9.73. The number of ketones is 1. The molecule has 0 spiro atoms. The molecule has 31 heavy (non-hydrogen) atoms. The Bertz CT molecular complexity index is 1180. The number of rotatable bonds is 4. The summed E-state index contributed by atoms with van der Waals surface area (Å²) >= 11 is 0. The number of hydrogen-bond acceptors (Lipinski definition) is 4. The van der Waals surface area contributed by atoms with Gasteiger partial charge in [0.2, 0.25) is 5.91 Å². The Labute approximate surface area is 183 Å². The average molecular weight is 419 g/mol. The molecule has 1 unspecified atom stereocenters. The number of aromatic nitrogens is 3. The standard InChI is InChI=1S/C25H30N4O2/c1-14-10-11-22(27-18(5)30)21(12-14)25(31)20-9-7-6-8-19(20)23-13-24-26-16(3)15(2)17(4)29(24)28-23/h10-13,19-20H,6-9H2,1-5H3,(H,27,30)/t19-,20?/m1/s1. The predicted molar refractivity (Wildman–Crippen MR) is 122 cm³/mol. The van der Waals surface area contributed by atoms with Crippen molar-refractivity contribution in [2.75, 3.05) is 5.32 Å². The maximum atomic E-state index is 13.7. The Morgan fingerprint density at radius 3 is 2.55 bits per heavy atom. The smallest absolute Gasteiger partial charge is 0.221 e. The van der Waals surface area contributed by atoms with Gasteiger partial charge >= 0.3 is 0 Å². The van der Waals surface area contributed by atoms with Crippen LogP contribution in [0.25, 0.3) is 5.65 Å². The second-order valence-electron chi connectivity index (χ2n) is 8.84. The van der Waals surface area contributed by atoms with Crippen LogP contribution in [0.5, 0.6) is 0 Å². The normalized spacial score (nSPS) is 18.9. The molecule has 1 aliphatic rings. The lowest BCUT2D eigenvalue weighted by molar-refractivity contribution is -0.114. The van der Waals surface area contributed by atoms with E-state index >= 15 is 0 Å². The van der Waals surface area contributed by atoms with Gasteiger partial charge in [0.05, 0.1) is 11.4 Å². The highest BCUT2D eigenvalue weighted by molar-refractivity contribution is 6.06. The first kappa shape index (κ1) is 21.2. The number of amides is 1. The first-order valence-corrected chi connectivity index (χ1v) is 11.0. The summed E-state index contributed by atoms with van der Waals surface area (Å²) in [5, 5.41) is 7.71. The second-order valence-corrected chi connectivity index (χ2v) is 8.84. The van der Waals surface area contributed by atoms with E-state index in [2.05, 4.69) is 19.2 Å². The van der Waals surface area contributed by atoms with E-state index in [1.807, 2.05) is 42.6 Å². The Kier molecular flexibility index (Phi) is 5.65. The van der Waals surface area contributed by atoms with Crippen molar-refractivity contribution in [2.24, 2.45) is 5.92 Å². The van der Waals surface area contributed by atoms with Crippen molar-refractivity contribution in [1.29, 1.82) is 0 Å². The second kappa shape index (κ2) is 8.25. The van der Waals surface area contributed by atoms with Crippen LogP contribution in [-0.2, 0) is 4.79 Å². The average Bonchev–Trinajstić information content (AvgIpc) is 3.16. The molecule has 0 saturated heterocycles. The van der Waals surface area contributed by atoms with Crippen molar-refractivity contribution in [3.63, 3.8) is 0 Å². The molecular weight excluding hydrogens is 388 g/mol. The van der Waals surface area contributed by atoms with Crippen LogP contribution >= 0.6 is 0 Å². The molecule has 6 heteroatoms. The number of nitrogens with one attached hydrogen (secondary N) is 1. The number of carbonyl (C=O) groups excluding carboxylic acids is 2. The number of anilines is 1. The summed E-state index contributed by atoms with van der Waals surface area (Å²) in [6.07, 6.45) is 3.87. The minimum absolute atomic E-state index is 0.0497. The molecule has 4 rings (SSSR count). The molecule has 1 saturated carbocycles. The van der Waals surface area contributed by atoms with Crippen molar-refractivity contribution < 1.29 is 9.59 Å². The molecule has 1 N–H and O–H groups in total. The van der Waals surface area contributed by atoms with E-state index in [-0.39, 0.29) is 23.5 Å². The van der Waals surface area contributed by atoms with Crippen LogP contribution in [0, 0.1) is 33.6 Å². The van der Waals surface area contributed by atoms with E-state index < -0.39 is 0 Å². The number of carbonyl (C=O) groups is 2. The van der Waals surface area contributed by atoms with E-state index in [1.165, 1.54) is 6.92 Å². The number of fused-ring (bicyclic) bond motifs is 1. The fraction of sp³-hybridized carbons (Fsp3) is 0.440. The third-order valence-electron chi connectivity index (χ3n) is 6.63. The lowest BCUT2D eigenvalue weighted by Crippen LogP contribution is -2.27. The van der Waals surface area contributed by atoms with Gasteiger partial charge in [0.15, 0.2) is 11.4 Å². The molecule has 0 bridgehead atoms. The van der Waals surface area contributed by atoms with E-state index in [1.54, 1.807) is 0 Å². The third kappa shape index (κ3) is 3.99. The molecule has 1 aliphatic carbocycles. The quantitative estimate of drug-likeness (QED) is 0.600. The molecule has 2 aromatic heterocycles. The molecule has 0 radical (unpaired) electrons. The SMILES string of the molecule is CC(=O)Nc1ccc(C)cc1C(=O)C1CCCC[C@H]1c1cc2nc(C)c(C)c(C)n2n1. The van der Waals surface area contributed by atoms with Crippen molar-refractivity contribution in [2.45, 2.75) is 66.2 Å². The fourth-order valence-electron chi connectivity index (χ4n) is 4.73. The van der Waals surface area contributed by atoms with E-state index in [0.717, 1.165) is 59.5 Å². The van der Waals surface area contributed by atoms with Gasteiger partial charge in [-0.1, -0.05) is 24.5 Å². The van der Waals surface area contributed by atoms with Crippen LogP contribution in [0.3, 0.4) is 0 Å². The Morgan fingerprint density at radius 1 is 1.06 bits per heavy atom. The first-order valence-electron chi connectivity index (χ1n) is 11.0. The molecule has 3 aromatic rings. The fourth-order valence-corrected chi connectivity index (χ4v) is 4.73. The van der Waals surface area contributed by atoms with E-state index in [4.69, 9.17) is 10.1 Å². The number of Topliss-reactive ketones (excluding diaryl/α,β-unsaturated/α-hetero) is 1. The summed E-state index contributed by atoms with van der Waals surface area (Å²) in [7, 11) is 0. The van der Waals surface area contributed by atoms with Gasteiger partial charge in [0.25, 0.3) is 0 Å². The molecule has 0 aliphatic heterocycles. The lowest BCUT2D eigenvalue weighted by Gasteiger charge is -2.30. The van der Waals surface area contributed by atoms with Gasteiger partial charge < -0.3 is 5.32 Å². The highest BCUT2D eigenvalue weighted by Gasteiger charge is 2.35. The Morgan fingerprint density at radius 2 is 1.81 bits per heavy atom. The Hall–Kier alpha value is -3.02. The van der Waals surface area contributed by atoms with E-state index in [0.29, 0.717) is 11.3 Å². The third-order valence-corrected chi connectivity index (χ3v) is 6.63. The molecule has 162 valence electrons. The van der Waals surface area contributed by atoms with Crippen molar-refractivity contribution in [1.82, 2.24) is 14.6 Å². The van der Waals surface area contributed by atoms with Gasteiger partial charge in [-0.25, -0.2) is 9.50 Å². The van der Waals surface area contributed by atoms with Gasteiger partial charge in [-0.15, -0.1) is 0 Å². The van der Waals surface area contributed by atoms with Crippen LogP contribution < -0.4 is 5.32 Å². The van der Waals surface area contributed by atoms with Crippen LogP contribution in [-0.4, -0.2) is 26.3 Å². The van der Waals surface area contributed by atoms with Crippen LogP contribution in [0.15, 0.2) is 24.3 Å². The molecule has 2 heterocycles. The molecule has 2 atom stereocenters. The summed E-state index contributed by atoms with van der Waals surface area (Å²) in [4.78, 5) is 30.1. The topological polar surface area (TPSA) is 76.4 Å². The largest absolute Gasteiger partial charge is 0.326 e. The van der Waals surface area contributed by atoms with Gasteiger partial charge in [-0.3, -0.25) is 9.59 Å². The van der Waals surface area contributed by atoms with Gasteiger partial charge in [0.1, 0.15) is 0 Å². The maximum absolute atomic E-state index is 13.7. The van der Waals surface area contributed by atoms with E-state index in [9.17, 15) is 9.59 Å². The van der Waals surface area contributed by atoms with Crippen molar-refractivity contribution in [3.8, 4) is 0 Å². The highest BCUT2D eigenvalue weighted by atomic mass is 16.1. The number of nitrogens with zero attached hydrogens (tertiary/aromatic N) is 3. The summed E-state index contributed by atoms with van der Waals surface area (Å²) in [5.74, 6) is -0.193. The Balaban J connectivity index is 1.74.